The van der Waals surface area contributed by atoms with Gasteiger partial charge in [-0.05, 0) is 83.6 Å². The fourth-order valence-corrected chi connectivity index (χ4v) is 10.2. The van der Waals surface area contributed by atoms with Gasteiger partial charge < -0.3 is 9.13 Å². The number of para-hydroxylation sites is 5. The summed E-state index contributed by atoms with van der Waals surface area (Å²) >= 11 is 1.61. The van der Waals surface area contributed by atoms with Crippen LogP contribution in [0.2, 0.25) is 0 Å². The number of hydrogen-bond acceptors (Lipinski definition) is 3. The molecule has 0 aliphatic rings. The van der Waals surface area contributed by atoms with E-state index in [0.29, 0.717) is 16.5 Å². The van der Waals surface area contributed by atoms with Crippen molar-refractivity contribution >= 4 is 96.7 Å². The van der Waals surface area contributed by atoms with Crippen LogP contribution in [0.4, 0.5) is 0 Å². The molecule has 4 aromatic heterocycles. The molecule has 4 heterocycles. The lowest BCUT2D eigenvalue weighted by Gasteiger charge is -2.08. The molecule has 0 unspecified atom stereocenters. The summed E-state index contributed by atoms with van der Waals surface area (Å²) in [6, 6.07) is 59.9. The number of hydrogen-bond donors (Lipinski definition) is 0. The molecule has 6 heteroatoms. The van der Waals surface area contributed by atoms with Gasteiger partial charge in [0.05, 0.1) is 33.1 Å². The summed E-state index contributed by atoms with van der Waals surface area (Å²) in [6.45, 7) is 0. The minimum absolute atomic E-state index is 0.326. The molecule has 12 rings (SSSR count). The summed E-state index contributed by atoms with van der Waals surface area (Å²) in [7, 11) is 0. The van der Waals surface area contributed by atoms with Crippen LogP contribution >= 0.6 is 11.3 Å². The first kappa shape index (κ1) is 31.1. The topological polar surface area (TPSA) is 48.9 Å². The van der Waals surface area contributed by atoms with Crippen molar-refractivity contribution in [3.63, 3.8) is 0 Å². The van der Waals surface area contributed by atoms with Crippen molar-refractivity contribution in [3.05, 3.63) is 197 Å². The Morgan fingerprint density at radius 2 is 0.857 bits per heavy atom. The first-order valence-electron chi connectivity index (χ1n) is 18.7. The Balaban J connectivity index is 1.23. The number of fused-ring (bicyclic) bond motifs is 13. The van der Waals surface area contributed by atoms with Crippen molar-refractivity contribution in [2.24, 2.45) is 0 Å². The van der Waals surface area contributed by atoms with E-state index in [2.05, 4.69) is 118 Å². The molecule has 0 aliphatic carbocycles. The summed E-state index contributed by atoms with van der Waals surface area (Å²) in [6.07, 6.45) is 0. The molecule has 0 fully saturated rings. The second-order valence-corrected chi connectivity index (χ2v) is 15.5. The Morgan fingerprint density at radius 3 is 1.50 bits per heavy atom. The third kappa shape index (κ3) is 4.24. The SMILES string of the molecule is O=c1c2cc3c4ccccc4n(-c4ccccc4)c3cc2c2ccc3c4cc(-n5c6ccccc6c6ccccc65)ccc4sc3c2c(=O)n1-c1ccccc1. The highest BCUT2D eigenvalue weighted by Crippen LogP contribution is 2.42. The fraction of sp³-hybridized carbons (Fsp3) is 0. The average molecular weight is 736 g/mol. The van der Waals surface area contributed by atoms with E-state index >= 15 is 4.79 Å². The zero-order valence-electron chi connectivity index (χ0n) is 29.8. The molecule has 0 saturated carbocycles. The predicted octanol–water partition coefficient (Wildman–Crippen LogP) is 12.1. The maximum absolute atomic E-state index is 15.2. The van der Waals surface area contributed by atoms with Gasteiger partial charge in [0.15, 0.2) is 0 Å². The smallest absolute Gasteiger partial charge is 0.267 e. The normalized spacial score (nSPS) is 12.1. The van der Waals surface area contributed by atoms with Gasteiger partial charge in [0.2, 0.25) is 0 Å². The number of nitrogens with zero attached hydrogens (tertiary/aromatic N) is 3. The monoisotopic (exact) mass is 735 g/mol. The van der Waals surface area contributed by atoms with Crippen LogP contribution in [0.3, 0.4) is 0 Å². The van der Waals surface area contributed by atoms with E-state index in [1.807, 2.05) is 66.7 Å². The number of thiophene rings is 1. The second kappa shape index (κ2) is 11.6. The van der Waals surface area contributed by atoms with Crippen LogP contribution < -0.4 is 11.1 Å². The largest absolute Gasteiger partial charge is 0.309 e. The molecule has 262 valence electrons. The summed E-state index contributed by atoms with van der Waals surface area (Å²) < 4.78 is 7.90. The van der Waals surface area contributed by atoms with Crippen molar-refractivity contribution in [1.29, 1.82) is 0 Å². The lowest BCUT2D eigenvalue weighted by Crippen LogP contribution is -2.28. The van der Waals surface area contributed by atoms with E-state index in [4.69, 9.17) is 0 Å². The van der Waals surface area contributed by atoms with Crippen LogP contribution in [0.1, 0.15) is 0 Å². The van der Waals surface area contributed by atoms with Crippen molar-refractivity contribution in [2.75, 3.05) is 0 Å². The van der Waals surface area contributed by atoms with Crippen LogP contribution in [0.15, 0.2) is 186 Å². The van der Waals surface area contributed by atoms with Crippen LogP contribution in [-0.2, 0) is 0 Å². The van der Waals surface area contributed by atoms with Gasteiger partial charge in [-0.2, -0.15) is 0 Å². The molecule has 0 radical (unpaired) electrons. The summed E-state index contributed by atoms with van der Waals surface area (Å²) in [4.78, 5) is 30.2. The minimum atomic E-state index is -0.339. The van der Waals surface area contributed by atoms with Gasteiger partial charge in [-0.15, -0.1) is 11.3 Å². The molecular weight excluding hydrogens is 707 g/mol. The Labute approximate surface area is 322 Å². The van der Waals surface area contributed by atoms with Gasteiger partial charge >= 0.3 is 0 Å². The van der Waals surface area contributed by atoms with Crippen molar-refractivity contribution in [2.45, 2.75) is 0 Å². The number of rotatable bonds is 3. The molecule has 12 aromatic rings. The quantitative estimate of drug-likeness (QED) is 0.181. The third-order valence-electron chi connectivity index (χ3n) is 11.4. The van der Waals surface area contributed by atoms with E-state index in [1.54, 1.807) is 11.3 Å². The minimum Gasteiger partial charge on any atom is -0.309 e. The van der Waals surface area contributed by atoms with E-state index in [0.717, 1.165) is 75.2 Å². The van der Waals surface area contributed by atoms with Crippen molar-refractivity contribution < 1.29 is 0 Å². The molecule has 0 bridgehead atoms. The van der Waals surface area contributed by atoms with Gasteiger partial charge in [-0.1, -0.05) is 103 Å². The van der Waals surface area contributed by atoms with Gasteiger partial charge in [0.25, 0.3) is 11.1 Å². The molecule has 0 aliphatic heterocycles. The second-order valence-electron chi connectivity index (χ2n) is 14.4. The predicted molar refractivity (Wildman–Crippen MR) is 235 cm³/mol. The van der Waals surface area contributed by atoms with Gasteiger partial charge in [-0.3, -0.25) is 9.59 Å². The summed E-state index contributed by atoms with van der Waals surface area (Å²) in [5, 5.41) is 9.02. The average Bonchev–Trinajstić information content (AvgIpc) is 3.89. The lowest BCUT2D eigenvalue weighted by atomic mass is 10.0. The van der Waals surface area contributed by atoms with E-state index in [-0.39, 0.29) is 11.1 Å². The summed E-state index contributed by atoms with van der Waals surface area (Å²) in [5.41, 5.74) is 6.27. The van der Waals surface area contributed by atoms with Crippen LogP contribution in [0.25, 0.3) is 102 Å². The first-order valence-corrected chi connectivity index (χ1v) is 19.5. The molecule has 0 spiro atoms. The van der Waals surface area contributed by atoms with Crippen LogP contribution in [0, 0.1) is 0 Å². The highest BCUT2D eigenvalue weighted by atomic mass is 32.1. The van der Waals surface area contributed by atoms with Gasteiger partial charge in [-0.25, -0.2) is 4.57 Å². The van der Waals surface area contributed by atoms with E-state index < -0.39 is 0 Å². The molecule has 0 saturated heterocycles. The highest BCUT2D eigenvalue weighted by molar-refractivity contribution is 7.26. The number of aromatic nitrogens is 3. The van der Waals surface area contributed by atoms with E-state index in [9.17, 15) is 4.79 Å². The first-order chi connectivity index (χ1) is 27.6. The Bertz CT molecular complexity index is 3690. The van der Waals surface area contributed by atoms with Gasteiger partial charge in [0, 0.05) is 58.5 Å². The molecular formula is C50H29N3O2S. The van der Waals surface area contributed by atoms with E-state index in [1.165, 1.54) is 15.3 Å². The highest BCUT2D eigenvalue weighted by Gasteiger charge is 2.21. The molecule has 5 nitrogen and oxygen atoms in total. The molecule has 0 amide bonds. The van der Waals surface area contributed by atoms with Crippen molar-refractivity contribution in [3.8, 4) is 17.1 Å². The Kier molecular flexibility index (Phi) is 6.45. The number of benzene rings is 8. The van der Waals surface area contributed by atoms with Crippen LogP contribution in [0.5, 0.6) is 0 Å². The molecule has 56 heavy (non-hydrogen) atoms. The maximum Gasteiger partial charge on any atom is 0.267 e. The van der Waals surface area contributed by atoms with Gasteiger partial charge in [0.1, 0.15) is 0 Å². The zero-order chi connectivity index (χ0) is 37.1. The fourth-order valence-electron chi connectivity index (χ4n) is 9.01. The maximum atomic E-state index is 15.2. The molecule has 8 aromatic carbocycles. The Hall–Kier alpha value is -7.28. The zero-order valence-corrected chi connectivity index (χ0v) is 30.6. The van der Waals surface area contributed by atoms with Crippen molar-refractivity contribution in [1.82, 2.24) is 13.7 Å². The molecule has 0 N–H and O–H groups in total. The summed E-state index contributed by atoms with van der Waals surface area (Å²) in [5.74, 6) is 0. The third-order valence-corrected chi connectivity index (χ3v) is 12.6. The lowest BCUT2D eigenvalue weighted by molar-refractivity contribution is 0.977. The van der Waals surface area contributed by atoms with Crippen LogP contribution in [-0.4, -0.2) is 13.7 Å². The standard InChI is InChI=1S/C50H29N3O2S/c54-49-41-28-39-35-19-9-12-22-44(35)51(30-13-3-1-4-14-30)45(39)29-38(41)36-24-25-37-40-27-32(52-42-20-10-7-17-33(42)34-18-8-11-21-43(34)52)23-26-46(40)56-48(37)47(36)50(55)53(49)31-15-5-2-6-16-31/h1-29H. The Morgan fingerprint density at radius 1 is 0.321 bits per heavy atom. The molecule has 0 atom stereocenters.